The molecule has 2 aromatic carbocycles. The Hall–Kier alpha value is -2.33. The van der Waals surface area contributed by atoms with Crippen LogP contribution in [0, 0.1) is 0 Å². The standard InChI is InChI=1S/C19H25N3O/c1-3-19(4-2,15-23)22(18-8-6-5-7-9-18)21-14-16-10-12-17(20)13-11-16/h5-13,15,21H,3-4,14,20H2,1-2H3. The molecular formula is C19H25N3O. The number of carbonyl (C=O) groups excluding carboxylic acids is 1. The summed E-state index contributed by atoms with van der Waals surface area (Å²) in [6.07, 6.45) is 2.52. The van der Waals surface area contributed by atoms with E-state index in [0.29, 0.717) is 6.54 Å². The molecule has 2 aromatic rings. The lowest BCUT2D eigenvalue weighted by molar-refractivity contribution is -0.112. The second kappa shape index (κ2) is 7.79. The van der Waals surface area contributed by atoms with Gasteiger partial charge in [0.2, 0.25) is 0 Å². The second-order valence-corrected chi connectivity index (χ2v) is 5.68. The molecule has 0 saturated carbocycles. The Morgan fingerprint density at radius 2 is 1.65 bits per heavy atom. The Morgan fingerprint density at radius 3 is 2.17 bits per heavy atom. The van der Waals surface area contributed by atoms with E-state index in [1.807, 2.05) is 73.5 Å². The fourth-order valence-corrected chi connectivity index (χ4v) is 2.67. The molecule has 0 aromatic heterocycles. The number of hydrogen-bond donors (Lipinski definition) is 2. The van der Waals surface area contributed by atoms with Crippen molar-refractivity contribution >= 4 is 17.7 Å². The van der Waals surface area contributed by atoms with E-state index in [2.05, 4.69) is 5.43 Å². The lowest BCUT2D eigenvalue weighted by Gasteiger charge is -2.40. The van der Waals surface area contributed by atoms with Crippen LogP contribution >= 0.6 is 0 Å². The Morgan fingerprint density at radius 1 is 1.04 bits per heavy atom. The predicted octanol–water partition coefficient (Wildman–Crippen LogP) is 3.54. The Balaban J connectivity index is 2.26. The van der Waals surface area contributed by atoms with Crippen LogP contribution in [0.25, 0.3) is 0 Å². The third-order valence-corrected chi connectivity index (χ3v) is 4.32. The molecule has 0 spiro atoms. The molecule has 0 amide bonds. The zero-order valence-electron chi connectivity index (χ0n) is 13.8. The van der Waals surface area contributed by atoms with Crippen molar-refractivity contribution in [3.05, 3.63) is 60.2 Å². The van der Waals surface area contributed by atoms with Crippen molar-refractivity contribution in [3.8, 4) is 0 Å². The first-order valence-electron chi connectivity index (χ1n) is 8.04. The average Bonchev–Trinajstić information content (AvgIpc) is 2.61. The highest BCUT2D eigenvalue weighted by atomic mass is 16.1. The minimum atomic E-state index is -0.560. The molecule has 0 heterocycles. The molecule has 0 aliphatic carbocycles. The average molecular weight is 311 g/mol. The molecule has 122 valence electrons. The quantitative estimate of drug-likeness (QED) is 0.445. The van der Waals surface area contributed by atoms with Gasteiger partial charge in [-0.05, 0) is 42.7 Å². The Kier molecular flexibility index (Phi) is 5.77. The van der Waals surface area contributed by atoms with Gasteiger partial charge >= 0.3 is 0 Å². The molecule has 0 saturated heterocycles. The number of hydrazine groups is 1. The van der Waals surface area contributed by atoms with Gasteiger partial charge < -0.3 is 10.5 Å². The summed E-state index contributed by atoms with van der Waals surface area (Å²) in [5.41, 5.74) is 11.4. The topological polar surface area (TPSA) is 58.4 Å². The number of aldehydes is 1. The van der Waals surface area contributed by atoms with Crippen LogP contribution in [0.5, 0.6) is 0 Å². The second-order valence-electron chi connectivity index (χ2n) is 5.68. The number of nitrogens with one attached hydrogen (secondary N) is 1. The van der Waals surface area contributed by atoms with E-state index in [1.165, 1.54) is 0 Å². The van der Waals surface area contributed by atoms with Gasteiger partial charge in [0, 0.05) is 12.2 Å². The van der Waals surface area contributed by atoms with Crippen molar-refractivity contribution in [3.63, 3.8) is 0 Å². The molecule has 0 atom stereocenters. The lowest BCUT2D eigenvalue weighted by Crippen LogP contribution is -2.56. The molecule has 0 bridgehead atoms. The third-order valence-electron chi connectivity index (χ3n) is 4.32. The van der Waals surface area contributed by atoms with Gasteiger partial charge in [-0.2, -0.15) is 0 Å². The fourth-order valence-electron chi connectivity index (χ4n) is 2.67. The highest BCUT2D eigenvalue weighted by Crippen LogP contribution is 2.26. The normalized spacial score (nSPS) is 11.2. The summed E-state index contributed by atoms with van der Waals surface area (Å²) in [6.45, 7) is 4.71. The van der Waals surface area contributed by atoms with Gasteiger partial charge in [-0.25, -0.2) is 5.43 Å². The number of benzene rings is 2. The van der Waals surface area contributed by atoms with Crippen LogP contribution in [0.4, 0.5) is 11.4 Å². The van der Waals surface area contributed by atoms with Crippen molar-refractivity contribution in [1.29, 1.82) is 0 Å². The maximum atomic E-state index is 11.9. The van der Waals surface area contributed by atoms with Gasteiger partial charge in [0.1, 0.15) is 11.8 Å². The number of rotatable bonds is 8. The molecule has 2 rings (SSSR count). The van der Waals surface area contributed by atoms with Crippen molar-refractivity contribution in [2.75, 3.05) is 10.7 Å². The van der Waals surface area contributed by atoms with Gasteiger partial charge in [0.15, 0.2) is 0 Å². The SMILES string of the molecule is CCC(C=O)(CC)N(NCc1ccc(N)cc1)c1ccccc1. The molecular weight excluding hydrogens is 286 g/mol. The van der Waals surface area contributed by atoms with Crippen molar-refractivity contribution in [2.24, 2.45) is 0 Å². The first-order chi connectivity index (χ1) is 11.1. The van der Waals surface area contributed by atoms with Crippen LogP contribution in [0.3, 0.4) is 0 Å². The maximum absolute atomic E-state index is 11.9. The highest BCUT2D eigenvalue weighted by molar-refractivity contribution is 5.71. The summed E-state index contributed by atoms with van der Waals surface area (Å²) in [6, 6.07) is 17.7. The minimum Gasteiger partial charge on any atom is -0.399 e. The molecule has 4 nitrogen and oxygen atoms in total. The molecule has 0 fully saturated rings. The number of para-hydroxylation sites is 1. The third kappa shape index (κ3) is 3.90. The summed E-state index contributed by atoms with van der Waals surface area (Å²) in [5, 5.41) is 2.00. The van der Waals surface area contributed by atoms with Crippen LogP contribution < -0.4 is 16.2 Å². The molecule has 3 N–H and O–H groups in total. The lowest BCUT2D eigenvalue weighted by atomic mass is 9.93. The van der Waals surface area contributed by atoms with Crippen LogP contribution in [0.15, 0.2) is 54.6 Å². The Labute approximate surface area is 138 Å². The molecule has 0 unspecified atom stereocenters. The first kappa shape index (κ1) is 17.0. The summed E-state index contributed by atoms with van der Waals surface area (Å²) in [4.78, 5) is 11.9. The summed E-state index contributed by atoms with van der Waals surface area (Å²) >= 11 is 0. The largest absolute Gasteiger partial charge is 0.399 e. The van der Waals surface area contributed by atoms with E-state index in [4.69, 9.17) is 5.73 Å². The minimum absolute atomic E-state index is 0.560. The van der Waals surface area contributed by atoms with E-state index >= 15 is 0 Å². The zero-order valence-corrected chi connectivity index (χ0v) is 13.8. The zero-order chi connectivity index (χ0) is 16.7. The summed E-state index contributed by atoms with van der Waals surface area (Å²) < 4.78 is 0. The molecule has 0 aliphatic heterocycles. The molecule has 0 radical (unpaired) electrons. The number of hydrogen-bond acceptors (Lipinski definition) is 4. The van der Waals surface area contributed by atoms with Crippen LogP contribution in [0.1, 0.15) is 32.3 Å². The van der Waals surface area contributed by atoms with Gasteiger partial charge in [0.05, 0.1) is 5.69 Å². The first-order valence-corrected chi connectivity index (χ1v) is 8.04. The monoisotopic (exact) mass is 311 g/mol. The molecule has 23 heavy (non-hydrogen) atoms. The number of anilines is 2. The number of nitrogens with zero attached hydrogens (tertiary/aromatic N) is 1. The van der Waals surface area contributed by atoms with Gasteiger partial charge in [0.25, 0.3) is 0 Å². The van der Waals surface area contributed by atoms with Gasteiger partial charge in [-0.15, -0.1) is 0 Å². The highest BCUT2D eigenvalue weighted by Gasteiger charge is 2.33. The van der Waals surface area contributed by atoms with E-state index < -0.39 is 5.54 Å². The summed E-state index contributed by atoms with van der Waals surface area (Å²) in [7, 11) is 0. The van der Waals surface area contributed by atoms with E-state index in [1.54, 1.807) is 0 Å². The molecule has 0 aliphatic rings. The predicted molar refractivity (Wildman–Crippen MR) is 96.0 cm³/mol. The van der Waals surface area contributed by atoms with Crippen molar-refractivity contribution in [1.82, 2.24) is 5.43 Å². The Bertz CT molecular complexity index is 606. The summed E-state index contributed by atoms with van der Waals surface area (Å²) in [5.74, 6) is 0. The van der Waals surface area contributed by atoms with E-state index in [9.17, 15) is 4.79 Å². The van der Waals surface area contributed by atoms with Crippen LogP contribution in [-0.2, 0) is 11.3 Å². The number of carbonyl (C=O) groups is 1. The van der Waals surface area contributed by atoms with E-state index in [0.717, 1.165) is 36.1 Å². The van der Waals surface area contributed by atoms with Crippen LogP contribution in [-0.4, -0.2) is 11.8 Å². The smallest absolute Gasteiger partial charge is 0.147 e. The number of nitrogens with two attached hydrogens (primary N) is 1. The maximum Gasteiger partial charge on any atom is 0.147 e. The van der Waals surface area contributed by atoms with Crippen LogP contribution in [0.2, 0.25) is 0 Å². The van der Waals surface area contributed by atoms with Gasteiger partial charge in [-0.3, -0.25) is 5.01 Å². The van der Waals surface area contributed by atoms with E-state index in [-0.39, 0.29) is 0 Å². The van der Waals surface area contributed by atoms with Crippen molar-refractivity contribution < 1.29 is 4.79 Å². The van der Waals surface area contributed by atoms with Gasteiger partial charge in [-0.1, -0.05) is 44.2 Å². The number of nitrogen functional groups attached to an aromatic ring is 1. The van der Waals surface area contributed by atoms with Crippen molar-refractivity contribution in [2.45, 2.75) is 38.8 Å². The molecule has 4 heteroatoms. The fraction of sp³-hybridized carbons (Fsp3) is 0.316.